The molecule has 0 radical (unpaired) electrons. The Morgan fingerprint density at radius 3 is 2.55 bits per heavy atom. The number of hydrogen-bond donors (Lipinski definition) is 2. The fourth-order valence-electron chi connectivity index (χ4n) is 4.99. The second-order valence-corrected chi connectivity index (χ2v) is 9.39. The average molecular weight is 530 g/mol. The summed E-state index contributed by atoms with van der Waals surface area (Å²) < 4.78 is 47.6. The van der Waals surface area contributed by atoms with Gasteiger partial charge in [-0.2, -0.15) is 17.7 Å². The number of likely N-dealkylation sites (tertiary alicyclic amines) is 1. The van der Waals surface area contributed by atoms with Crippen molar-refractivity contribution in [1.82, 2.24) is 34.9 Å². The number of hydrogen-bond acceptors (Lipinski definition) is 9. The van der Waals surface area contributed by atoms with Crippen LogP contribution in [0, 0.1) is 0 Å². The number of pyridine rings is 1. The molecule has 11 nitrogen and oxygen atoms in total. The molecule has 0 aliphatic carbocycles. The number of tetrazole rings is 1. The van der Waals surface area contributed by atoms with Crippen LogP contribution < -0.4 is 11.1 Å². The second-order valence-electron chi connectivity index (χ2n) is 9.39. The first-order chi connectivity index (χ1) is 18.0. The van der Waals surface area contributed by atoms with Gasteiger partial charge in [0.05, 0.1) is 22.6 Å². The molecule has 0 saturated carbocycles. The van der Waals surface area contributed by atoms with E-state index in [2.05, 4.69) is 30.8 Å². The highest BCUT2D eigenvalue weighted by Gasteiger charge is 2.40. The van der Waals surface area contributed by atoms with Gasteiger partial charge in [0.1, 0.15) is 12.1 Å². The highest BCUT2D eigenvalue weighted by Crippen LogP contribution is 2.40. The van der Waals surface area contributed by atoms with Gasteiger partial charge in [-0.3, -0.25) is 4.79 Å². The number of carbonyl (C=O) groups excluding carboxylic acids is 1. The number of piperidine rings is 1. The maximum Gasteiger partial charge on any atom is 0.416 e. The van der Waals surface area contributed by atoms with Crippen LogP contribution in [0.1, 0.15) is 49.4 Å². The normalized spacial score (nSPS) is 16.6. The van der Waals surface area contributed by atoms with E-state index in [0.29, 0.717) is 59.6 Å². The van der Waals surface area contributed by atoms with Gasteiger partial charge in [0, 0.05) is 38.4 Å². The third-order valence-electron chi connectivity index (χ3n) is 7.12. The number of benzene rings is 1. The van der Waals surface area contributed by atoms with Crippen molar-refractivity contribution >= 4 is 34.1 Å². The number of amides is 1. The van der Waals surface area contributed by atoms with E-state index in [4.69, 9.17) is 10.5 Å². The molecule has 4 heterocycles. The number of methoxy groups -OCH3 is 1. The van der Waals surface area contributed by atoms with Crippen LogP contribution >= 0.6 is 0 Å². The molecule has 200 valence electrons. The molecule has 3 aromatic heterocycles. The number of carbonyl (C=O) groups is 1. The lowest BCUT2D eigenvalue weighted by Crippen LogP contribution is -2.45. The summed E-state index contributed by atoms with van der Waals surface area (Å²) in [6, 6.07) is 4.72. The molecule has 0 bridgehead atoms. The molecule has 1 saturated heterocycles. The van der Waals surface area contributed by atoms with E-state index >= 15 is 0 Å². The van der Waals surface area contributed by atoms with E-state index in [0.717, 1.165) is 12.1 Å². The molecular weight excluding hydrogens is 503 g/mol. The highest BCUT2D eigenvalue weighted by molar-refractivity contribution is 5.89. The van der Waals surface area contributed by atoms with Crippen molar-refractivity contribution in [2.24, 2.45) is 0 Å². The molecule has 1 fully saturated rings. The zero-order valence-electron chi connectivity index (χ0n) is 21.0. The van der Waals surface area contributed by atoms with Crippen molar-refractivity contribution in [3.8, 4) is 0 Å². The summed E-state index contributed by atoms with van der Waals surface area (Å²) in [7, 11) is 1.61. The Hall–Kier alpha value is -4.07. The lowest BCUT2D eigenvalue weighted by Gasteiger charge is -2.40. The first kappa shape index (κ1) is 25.6. The minimum Gasteiger partial charge on any atom is -0.399 e. The van der Waals surface area contributed by atoms with Crippen LogP contribution in [-0.2, 0) is 21.3 Å². The zero-order valence-corrected chi connectivity index (χ0v) is 21.0. The Kier molecular flexibility index (Phi) is 6.29. The van der Waals surface area contributed by atoms with Gasteiger partial charge in [-0.1, -0.05) is 0 Å². The third-order valence-corrected chi connectivity index (χ3v) is 7.12. The van der Waals surface area contributed by atoms with Crippen molar-refractivity contribution in [2.75, 3.05) is 31.2 Å². The van der Waals surface area contributed by atoms with Crippen LogP contribution in [0.5, 0.6) is 0 Å². The maximum atomic E-state index is 13.4. The summed E-state index contributed by atoms with van der Waals surface area (Å²) in [5.41, 5.74) is 6.09. The van der Waals surface area contributed by atoms with Crippen LogP contribution in [-0.4, -0.2) is 61.0 Å². The van der Waals surface area contributed by atoms with Crippen molar-refractivity contribution in [2.45, 2.75) is 44.5 Å². The topological polar surface area (TPSA) is 136 Å². The Labute approximate surface area is 215 Å². The molecular formula is C24H26F3N9O2. The average Bonchev–Trinajstić information content (AvgIpc) is 3.38. The Morgan fingerprint density at radius 1 is 1.16 bits per heavy atom. The van der Waals surface area contributed by atoms with Gasteiger partial charge >= 0.3 is 6.18 Å². The lowest BCUT2D eigenvalue weighted by molar-refractivity contribution is -0.137. The number of fused-ring (bicyclic) bond motifs is 3. The number of nitrogens with one attached hydrogen (secondary N) is 1. The van der Waals surface area contributed by atoms with Gasteiger partial charge < -0.3 is 20.7 Å². The Bertz CT molecular complexity index is 1510. The molecule has 0 spiro atoms. The van der Waals surface area contributed by atoms with Crippen LogP contribution in [0.25, 0.3) is 16.7 Å². The minimum absolute atomic E-state index is 0.00708. The number of ether oxygens (including phenoxy) is 1. The largest absolute Gasteiger partial charge is 0.416 e. The number of rotatable bonds is 5. The Balaban J connectivity index is 1.59. The Morgan fingerprint density at radius 2 is 1.89 bits per heavy atom. The smallest absolute Gasteiger partial charge is 0.399 e. The van der Waals surface area contributed by atoms with Crippen molar-refractivity contribution in [1.29, 1.82) is 0 Å². The fourth-order valence-corrected chi connectivity index (χ4v) is 4.99. The molecule has 14 heteroatoms. The van der Waals surface area contributed by atoms with Gasteiger partial charge in [-0.05, 0) is 60.0 Å². The lowest BCUT2D eigenvalue weighted by atomic mass is 9.84. The van der Waals surface area contributed by atoms with Crippen LogP contribution in [0.3, 0.4) is 0 Å². The predicted octanol–water partition coefficient (Wildman–Crippen LogP) is 3.33. The summed E-state index contributed by atoms with van der Waals surface area (Å²) >= 11 is 0. The van der Waals surface area contributed by atoms with Gasteiger partial charge in [0.15, 0.2) is 11.3 Å². The van der Waals surface area contributed by atoms with Crippen LogP contribution in [0.15, 0.2) is 30.6 Å². The van der Waals surface area contributed by atoms with E-state index < -0.39 is 23.4 Å². The number of nitrogens with two attached hydrogens (primary N) is 1. The van der Waals surface area contributed by atoms with Gasteiger partial charge in [-0.25, -0.2) is 9.97 Å². The predicted molar refractivity (Wildman–Crippen MR) is 132 cm³/mol. The molecule has 4 aromatic rings. The number of alkyl halides is 3. The summed E-state index contributed by atoms with van der Waals surface area (Å²) in [5.74, 6) is 0.371. The van der Waals surface area contributed by atoms with Crippen LogP contribution in [0.4, 0.5) is 24.7 Å². The van der Waals surface area contributed by atoms with Crippen LogP contribution in [0.2, 0.25) is 0 Å². The molecule has 0 unspecified atom stereocenters. The minimum atomic E-state index is -4.53. The quantitative estimate of drug-likeness (QED) is 0.373. The van der Waals surface area contributed by atoms with E-state index in [1.807, 2.05) is 6.07 Å². The highest BCUT2D eigenvalue weighted by atomic mass is 19.4. The third kappa shape index (κ3) is 4.44. The molecule has 1 aliphatic heterocycles. The van der Waals surface area contributed by atoms with Crippen molar-refractivity contribution in [3.63, 3.8) is 0 Å². The van der Waals surface area contributed by atoms with Gasteiger partial charge in [-0.15, -0.1) is 5.10 Å². The van der Waals surface area contributed by atoms with Gasteiger partial charge in [0.2, 0.25) is 5.91 Å². The number of halogens is 3. The van der Waals surface area contributed by atoms with E-state index in [9.17, 15) is 18.0 Å². The molecule has 38 heavy (non-hydrogen) atoms. The molecule has 1 amide bonds. The number of nitrogen functional groups attached to an aromatic ring is 1. The van der Waals surface area contributed by atoms with Crippen molar-refractivity contribution < 1.29 is 22.7 Å². The molecule has 1 aliphatic rings. The van der Waals surface area contributed by atoms with E-state index in [-0.39, 0.29) is 11.6 Å². The summed E-state index contributed by atoms with van der Waals surface area (Å²) in [6.45, 7) is 4.25. The molecule has 5 rings (SSSR count). The first-order valence-electron chi connectivity index (χ1n) is 11.9. The fraction of sp³-hybridized carbons (Fsp3) is 0.417. The number of nitrogens with zero attached hydrogens (tertiary/aromatic N) is 7. The summed E-state index contributed by atoms with van der Waals surface area (Å²) in [6.07, 6.45) is -2.16. The van der Waals surface area contributed by atoms with Crippen molar-refractivity contribution in [3.05, 3.63) is 47.3 Å². The maximum absolute atomic E-state index is 13.4. The molecule has 1 atom stereocenters. The number of aromatic nitrogens is 6. The number of anilines is 2. The van der Waals surface area contributed by atoms with E-state index in [1.165, 1.54) is 23.8 Å². The summed E-state index contributed by atoms with van der Waals surface area (Å²) in [5, 5.41) is 15.9. The molecule has 1 aromatic carbocycles. The first-order valence-corrected chi connectivity index (χ1v) is 11.9. The van der Waals surface area contributed by atoms with E-state index in [1.54, 1.807) is 18.9 Å². The SMILES string of the molecule is COC1(c2cc3c(N[C@H](C)c4cc(N)cc(C(F)(F)F)c4)ncnc3n3nnnc23)CCN(C(C)=O)CC1. The van der Waals surface area contributed by atoms with Gasteiger partial charge in [0.25, 0.3) is 0 Å². The molecule has 3 N–H and O–H groups in total. The second kappa shape index (κ2) is 9.35. The summed E-state index contributed by atoms with van der Waals surface area (Å²) in [4.78, 5) is 22.4. The monoisotopic (exact) mass is 529 g/mol. The standard InChI is InChI=1S/C24H26F3N9O2/c1-13(15-8-16(24(25,26)27)10-17(28)9-15)31-20-18-11-19(22-32-33-34-36(22)21(18)30-12-29-20)23(38-3)4-6-35(7-5-23)14(2)37/h8-13H,4-7,28H2,1-3H3,(H,29,30,31)/t13-/m1/s1. The zero-order chi connectivity index (χ0) is 27.2.